The Labute approximate surface area is 194 Å². The fraction of sp³-hybridized carbons (Fsp3) is 0.208. The first-order valence-electron chi connectivity index (χ1n) is 9.87. The zero-order chi connectivity index (χ0) is 23.5. The van der Waals surface area contributed by atoms with Gasteiger partial charge in [0.25, 0.3) is 15.9 Å². The number of amides is 1. The highest BCUT2D eigenvalue weighted by molar-refractivity contribution is 7.92. The highest BCUT2D eigenvalue weighted by Gasteiger charge is 2.26. The first kappa shape index (κ1) is 23.6. The number of carbonyl (C=O) groups excluding carboxylic acids is 1. The van der Waals surface area contributed by atoms with Crippen LogP contribution in [0.15, 0.2) is 71.6 Å². The molecule has 168 valence electrons. The molecule has 0 atom stereocenters. The lowest BCUT2D eigenvalue weighted by molar-refractivity contribution is 0.0784. The van der Waals surface area contributed by atoms with E-state index >= 15 is 0 Å². The molecule has 0 aliphatic heterocycles. The molecule has 0 bridgehead atoms. The topological polar surface area (TPSA) is 66.9 Å². The fourth-order valence-electron chi connectivity index (χ4n) is 3.31. The van der Waals surface area contributed by atoms with Crippen LogP contribution in [0.2, 0.25) is 5.02 Å². The van der Waals surface area contributed by atoms with Crippen molar-refractivity contribution in [2.45, 2.75) is 18.4 Å². The second kappa shape index (κ2) is 9.63. The third-order valence-corrected chi connectivity index (χ3v) is 7.22. The number of sulfonamides is 1. The summed E-state index contributed by atoms with van der Waals surface area (Å²) >= 11 is 5.93. The van der Waals surface area contributed by atoms with Gasteiger partial charge in [0.15, 0.2) is 0 Å². The van der Waals surface area contributed by atoms with E-state index < -0.39 is 10.0 Å². The first-order chi connectivity index (χ1) is 15.1. The van der Waals surface area contributed by atoms with Gasteiger partial charge in [-0.05, 0) is 54.4 Å². The van der Waals surface area contributed by atoms with Gasteiger partial charge in [0.05, 0.1) is 17.7 Å². The largest absolute Gasteiger partial charge is 0.495 e. The van der Waals surface area contributed by atoms with Crippen LogP contribution in [-0.2, 0) is 16.6 Å². The third-order valence-electron chi connectivity index (χ3n) is 5.20. The van der Waals surface area contributed by atoms with Gasteiger partial charge >= 0.3 is 0 Å². The summed E-state index contributed by atoms with van der Waals surface area (Å²) in [6.07, 6.45) is 0. The number of para-hydroxylation sites is 2. The van der Waals surface area contributed by atoms with Gasteiger partial charge in [-0.15, -0.1) is 0 Å². The van der Waals surface area contributed by atoms with Crippen LogP contribution >= 0.6 is 11.6 Å². The molecular formula is C24H25ClN2O4S. The van der Waals surface area contributed by atoms with Crippen molar-refractivity contribution in [3.63, 3.8) is 0 Å². The molecule has 0 spiro atoms. The highest BCUT2D eigenvalue weighted by Crippen LogP contribution is 2.31. The Morgan fingerprint density at radius 3 is 2.31 bits per heavy atom. The number of rotatable bonds is 7. The molecule has 3 rings (SSSR count). The van der Waals surface area contributed by atoms with Crippen LogP contribution in [0.3, 0.4) is 0 Å². The maximum absolute atomic E-state index is 13.3. The van der Waals surface area contributed by atoms with Crippen molar-refractivity contribution < 1.29 is 17.9 Å². The summed E-state index contributed by atoms with van der Waals surface area (Å²) in [6, 6.07) is 18.7. The van der Waals surface area contributed by atoms with Crippen molar-refractivity contribution in [2.75, 3.05) is 25.5 Å². The lowest BCUT2D eigenvalue weighted by atomic mass is 10.1. The number of ether oxygens (including phenoxy) is 1. The Hall–Kier alpha value is -3.03. The van der Waals surface area contributed by atoms with E-state index in [4.69, 9.17) is 16.3 Å². The maximum atomic E-state index is 13.3. The molecule has 0 N–H and O–H groups in total. The predicted molar refractivity (Wildman–Crippen MR) is 127 cm³/mol. The summed E-state index contributed by atoms with van der Waals surface area (Å²) in [5, 5.41) is 0.621. The van der Waals surface area contributed by atoms with Crippen molar-refractivity contribution in [1.82, 2.24) is 4.90 Å². The number of aryl methyl sites for hydroxylation is 1. The van der Waals surface area contributed by atoms with Crippen molar-refractivity contribution >= 4 is 33.2 Å². The molecule has 0 saturated heterocycles. The SMILES string of the molecule is COc1ccccc1N(C)S(=O)(=O)c1ccc(C)c(C(=O)N(C)Cc2ccc(Cl)cc2)c1. The fourth-order valence-corrected chi connectivity index (χ4v) is 4.67. The molecule has 0 aliphatic carbocycles. The molecule has 0 unspecified atom stereocenters. The van der Waals surface area contributed by atoms with E-state index in [2.05, 4.69) is 0 Å². The van der Waals surface area contributed by atoms with Gasteiger partial charge in [0.1, 0.15) is 5.75 Å². The molecule has 0 heterocycles. The Morgan fingerprint density at radius 1 is 1.00 bits per heavy atom. The third kappa shape index (κ3) is 4.89. The number of halogens is 1. The number of anilines is 1. The second-order valence-corrected chi connectivity index (χ2v) is 9.81. The molecule has 0 aromatic heterocycles. The number of hydrogen-bond acceptors (Lipinski definition) is 4. The molecule has 1 amide bonds. The number of carbonyl (C=O) groups is 1. The van der Waals surface area contributed by atoms with Gasteiger partial charge in [0, 0.05) is 31.2 Å². The minimum absolute atomic E-state index is 0.0275. The molecule has 0 saturated carbocycles. The molecular weight excluding hydrogens is 448 g/mol. The van der Waals surface area contributed by atoms with E-state index in [0.717, 1.165) is 9.87 Å². The molecule has 3 aromatic carbocycles. The molecule has 0 fully saturated rings. The average molecular weight is 473 g/mol. The van der Waals surface area contributed by atoms with Crippen LogP contribution in [0, 0.1) is 6.92 Å². The number of nitrogens with zero attached hydrogens (tertiary/aromatic N) is 2. The number of hydrogen-bond donors (Lipinski definition) is 0. The van der Waals surface area contributed by atoms with Gasteiger partial charge in [-0.1, -0.05) is 41.9 Å². The van der Waals surface area contributed by atoms with Crippen molar-refractivity contribution in [2.24, 2.45) is 0 Å². The van der Waals surface area contributed by atoms with E-state index in [1.807, 2.05) is 12.1 Å². The van der Waals surface area contributed by atoms with Crippen LogP contribution in [-0.4, -0.2) is 40.4 Å². The highest BCUT2D eigenvalue weighted by atomic mass is 35.5. The van der Waals surface area contributed by atoms with Crippen LogP contribution < -0.4 is 9.04 Å². The summed E-state index contributed by atoms with van der Waals surface area (Å²) < 4.78 is 33.1. The molecule has 32 heavy (non-hydrogen) atoms. The van der Waals surface area contributed by atoms with Gasteiger partial charge in [0.2, 0.25) is 0 Å². The summed E-state index contributed by atoms with van der Waals surface area (Å²) in [6.45, 7) is 2.15. The lowest BCUT2D eigenvalue weighted by Crippen LogP contribution is -2.29. The van der Waals surface area contributed by atoms with E-state index in [-0.39, 0.29) is 10.8 Å². The summed E-state index contributed by atoms with van der Waals surface area (Å²) in [5.74, 6) is 0.166. The predicted octanol–water partition coefficient (Wildman–Crippen LogP) is 4.75. The van der Waals surface area contributed by atoms with Crippen LogP contribution in [0.5, 0.6) is 5.75 Å². The zero-order valence-electron chi connectivity index (χ0n) is 18.4. The second-order valence-electron chi connectivity index (χ2n) is 7.41. The minimum Gasteiger partial charge on any atom is -0.495 e. The van der Waals surface area contributed by atoms with E-state index in [1.165, 1.54) is 26.3 Å². The lowest BCUT2D eigenvalue weighted by Gasteiger charge is -2.23. The van der Waals surface area contributed by atoms with Crippen molar-refractivity contribution in [1.29, 1.82) is 0 Å². The maximum Gasteiger partial charge on any atom is 0.264 e. The zero-order valence-corrected chi connectivity index (χ0v) is 19.9. The van der Waals surface area contributed by atoms with Gasteiger partial charge in [-0.2, -0.15) is 0 Å². The first-order valence-corrected chi connectivity index (χ1v) is 11.7. The molecule has 3 aromatic rings. The quantitative estimate of drug-likeness (QED) is 0.497. The van der Waals surface area contributed by atoms with Gasteiger partial charge < -0.3 is 9.64 Å². The Kier molecular flexibility index (Phi) is 7.11. The molecule has 6 nitrogen and oxygen atoms in total. The smallest absolute Gasteiger partial charge is 0.264 e. The van der Waals surface area contributed by atoms with Crippen molar-refractivity contribution in [3.8, 4) is 5.75 Å². The van der Waals surface area contributed by atoms with Crippen LogP contribution in [0.4, 0.5) is 5.69 Å². The molecule has 8 heteroatoms. The summed E-state index contributed by atoms with van der Waals surface area (Å²) in [4.78, 5) is 14.7. The number of methoxy groups -OCH3 is 1. The normalized spacial score (nSPS) is 11.2. The van der Waals surface area contributed by atoms with Crippen LogP contribution in [0.25, 0.3) is 0 Å². The average Bonchev–Trinajstić information content (AvgIpc) is 2.79. The monoisotopic (exact) mass is 472 g/mol. The van der Waals surface area contributed by atoms with Crippen molar-refractivity contribution in [3.05, 3.63) is 88.4 Å². The van der Waals surface area contributed by atoms with Gasteiger partial charge in [-0.25, -0.2) is 8.42 Å². The standard InChI is InChI=1S/C24H25ClN2O4S/c1-17-9-14-20(32(29,30)27(3)22-7-5-6-8-23(22)31-4)15-21(17)24(28)26(2)16-18-10-12-19(25)13-11-18/h5-15H,16H2,1-4H3. The number of benzene rings is 3. The van der Waals surface area contributed by atoms with E-state index in [0.29, 0.717) is 34.1 Å². The summed E-state index contributed by atoms with van der Waals surface area (Å²) in [5.41, 5.74) is 2.35. The molecule has 0 radical (unpaired) electrons. The summed E-state index contributed by atoms with van der Waals surface area (Å²) in [7, 11) is 0.704. The Balaban J connectivity index is 1.91. The Bertz CT molecular complexity index is 1230. The van der Waals surface area contributed by atoms with E-state index in [9.17, 15) is 13.2 Å². The van der Waals surface area contributed by atoms with Gasteiger partial charge in [-0.3, -0.25) is 9.10 Å². The molecule has 0 aliphatic rings. The van der Waals surface area contributed by atoms with E-state index in [1.54, 1.807) is 61.3 Å². The Morgan fingerprint density at radius 2 is 1.66 bits per heavy atom. The van der Waals surface area contributed by atoms with Crippen LogP contribution in [0.1, 0.15) is 21.5 Å². The minimum atomic E-state index is -3.92.